The first-order valence-electron chi connectivity index (χ1n) is 7.59. The van der Waals surface area contributed by atoms with Crippen LogP contribution in [0.5, 0.6) is 0 Å². The lowest BCUT2D eigenvalue weighted by Gasteiger charge is -2.14. The van der Waals surface area contributed by atoms with Crippen LogP contribution in [0.4, 0.5) is 5.69 Å². The second kappa shape index (κ2) is 9.70. The number of esters is 1. The van der Waals surface area contributed by atoms with Gasteiger partial charge >= 0.3 is 5.97 Å². The highest BCUT2D eigenvalue weighted by molar-refractivity contribution is 7.99. The number of carbonyl (C=O) groups excluding carboxylic acids is 2. The smallest absolute Gasteiger partial charge is 0.307 e. The van der Waals surface area contributed by atoms with Gasteiger partial charge < -0.3 is 10.1 Å². The summed E-state index contributed by atoms with van der Waals surface area (Å²) >= 11 is 13.3. The Bertz CT molecular complexity index is 737. The molecule has 25 heavy (non-hydrogen) atoms. The molecule has 1 amide bonds. The lowest BCUT2D eigenvalue weighted by atomic mass is 10.3. The fraction of sp³-hybridized carbons (Fsp3) is 0.222. The number of carbonyl (C=O) groups is 2. The zero-order valence-corrected chi connectivity index (χ0v) is 15.8. The molecule has 0 aliphatic rings. The molecule has 0 fully saturated rings. The van der Waals surface area contributed by atoms with Gasteiger partial charge in [-0.25, -0.2) is 0 Å². The van der Waals surface area contributed by atoms with Crippen molar-refractivity contribution in [1.82, 2.24) is 0 Å². The van der Waals surface area contributed by atoms with E-state index in [1.807, 2.05) is 12.1 Å². The number of rotatable bonds is 7. The Kier molecular flexibility index (Phi) is 7.62. The molecule has 0 aliphatic carbocycles. The highest BCUT2D eigenvalue weighted by atomic mass is 35.5. The van der Waals surface area contributed by atoms with Gasteiger partial charge in [-0.1, -0.05) is 35.3 Å². The van der Waals surface area contributed by atoms with E-state index in [1.54, 1.807) is 36.4 Å². The van der Waals surface area contributed by atoms with Gasteiger partial charge in [0.2, 0.25) is 0 Å². The summed E-state index contributed by atoms with van der Waals surface area (Å²) in [5.74, 6) is -0.297. The van der Waals surface area contributed by atoms with Crippen LogP contribution in [0.15, 0.2) is 53.4 Å². The summed E-state index contributed by atoms with van der Waals surface area (Å²) < 4.78 is 5.15. The van der Waals surface area contributed by atoms with E-state index in [2.05, 4.69) is 5.32 Å². The van der Waals surface area contributed by atoms with Gasteiger partial charge in [0, 0.05) is 15.7 Å². The van der Waals surface area contributed by atoms with Crippen molar-refractivity contribution in [1.29, 1.82) is 0 Å². The molecule has 0 aliphatic heterocycles. The van der Waals surface area contributed by atoms with E-state index in [0.29, 0.717) is 21.5 Å². The van der Waals surface area contributed by atoms with E-state index in [-0.39, 0.29) is 6.42 Å². The lowest BCUT2D eigenvalue weighted by molar-refractivity contribution is -0.152. The number of para-hydroxylation sites is 1. The predicted molar refractivity (Wildman–Crippen MR) is 102 cm³/mol. The summed E-state index contributed by atoms with van der Waals surface area (Å²) in [6.45, 7) is 1.52. The third-order valence-electron chi connectivity index (χ3n) is 3.20. The van der Waals surface area contributed by atoms with Crippen molar-refractivity contribution in [3.05, 3.63) is 58.6 Å². The fourth-order valence-electron chi connectivity index (χ4n) is 1.89. The SMILES string of the molecule is CC(OC(=O)CCSc1ccc(Cl)cc1)C(=O)Nc1ccccc1Cl. The summed E-state index contributed by atoms with van der Waals surface area (Å²) in [6, 6.07) is 14.2. The second-order valence-corrected chi connectivity index (χ2v) is 7.17. The minimum atomic E-state index is -0.899. The Morgan fingerprint density at radius 2 is 1.80 bits per heavy atom. The normalized spacial score (nSPS) is 11.6. The molecule has 0 heterocycles. The van der Waals surface area contributed by atoms with Gasteiger partial charge in [-0.05, 0) is 43.3 Å². The van der Waals surface area contributed by atoms with E-state index in [4.69, 9.17) is 27.9 Å². The number of amides is 1. The Labute approximate surface area is 160 Å². The van der Waals surface area contributed by atoms with Crippen molar-refractivity contribution < 1.29 is 14.3 Å². The summed E-state index contributed by atoms with van der Waals surface area (Å²) in [7, 11) is 0. The molecule has 4 nitrogen and oxygen atoms in total. The maximum Gasteiger partial charge on any atom is 0.307 e. The van der Waals surface area contributed by atoms with Crippen LogP contribution in [-0.4, -0.2) is 23.7 Å². The zero-order chi connectivity index (χ0) is 18.2. The number of ether oxygens (including phenoxy) is 1. The summed E-state index contributed by atoms with van der Waals surface area (Å²) in [6.07, 6.45) is -0.693. The van der Waals surface area contributed by atoms with E-state index in [0.717, 1.165) is 4.90 Å². The molecule has 2 aromatic rings. The molecule has 0 saturated carbocycles. The van der Waals surface area contributed by atoms with Crippen molar-refractivity contribution in [3.63, 3.8) is 0 Å². The molecule has 2 aromatic carbocycles. The van der Waals surface area contributed by atoms with Gasteiger partial charge in [-0.2, -0.15) is 0 Å². The van der Waals surface area contributed by atoms with Crippen LogP contribution in [0.1, 0.15) is 13.3 Å². The third kappa shape index (κ3) is 6.61. The molecule has 0 radical (unpaired) electrons. The summed E-state index contributed by atoms with van der Waals surface area (Å²) in [5.41, 5.74) is 0.482. The average molecular weight is 398 g/mol. The molecular formula is C18H17Cl2NO3S. The monoisotopic (exact) mass is 397 g/mol. The first-order chi connectivity index (χ1) is 12.0. The van der Waals surface area contributed by atoms with Crippen LogP contribution in [-0.2, 0) is 14.3 Å². The Hall–Kier alpha value is -1.69. The first kappa shape index (κ1) is 19.6. The lowest BCUT2D eigenvalue weighted by Crippen LogP contribution is -2.30. The number of anilines is 1. The molecule has 0 saturated heterocycles. The van der Waals surface area contributed by atoms with Crippen LogP contribution < -0.4 is 5.32 Å². The van der Waals surface area contributed by atoms with E-state index in [1.165, 1.54) is 18.7 Å². The summed E-state index contributed by atoms with van der Waals surface area (Å²) in [5, 5.41) is 3.73. The topological polar surface area (TPSA) is 55.4 Å². The van der Waals surface area contributed by atoms with Gasteiger partial charge in [0.15, 0.2) is 6.10 Å². The van der Waals surface area contributed by atoms with E-state index < -0.39 is 18.0 Å². The molecule has 1 N–H and O–H groups in total. The average Bonchev–Trinajstić information content (AvgIpc) is 2.58. The van der Waals surface area contributed by atoms with Crippen LogP contribution in [0.3, 0.4) is 0 Å². The first-order valence-corrected chi connectivity index (χ1v) is 9.33. The Balaban J connectivity index is 1.74. The van der Waals surface area contributed by atoms with Crippen LogP contribution >= 0.6 is 35.0 Å². The number of hydrogen-bond acceptors (Lipinski definition) is 4. The van der Waals surface area contributed by atoms with Gasteiger partial charge in [0.1, 0.15) is 0 Å². The number of thioether (sulfide) groups is 1. The maximum absolute atomic E-state index is 12.1. The van der Waals surface area contributed by atoms with E-state index >= 15 is 0 Å². The quantitative estimate of drug-likeness (QED) is 0.524. The minimum Gasteiger partial charge on any atom is -0.453 e. The zero-order valence-electron chi connectivity index (χ0n) is 13.5. The molecule has 7 heteroatoms. The fourth-order valence-corrected chi connectivity index (χ4v) is 3.03. The molecule has 0 aromatic heterocycles. The third-order valence-corrected chi connectivity index (χ3v) is 4.79. The van der Waals surface area contributed by atoms with Crippen LogP contribution in [0, 0.1) is 0 Å². The standard InChI is InChI=1S/C18H17Cl2NO3S/c1-12(18(23)21-16-5-3-2-4-15(16)20)24-17(22)10-11-25-14-8-6-13(19)7-9-14/h2-9,12H,10-11H2,1H3,(H,21,23). The molecule has 132 valence electrons. The van der Waals surface area contributed by atoms with Crippen molar-refractivity contribution in [2.75, 3.05) is 11.1 Å². The van der Waals surface area contributed by atoms with Crippen molar-refractivity contribution in [3.8, 4) is 0 Å². The molecule has 0 spiro atoms. The number of hydrogen-bond donors (Lipinski definition) is 1. The summed E-state index contributed by atoms with van der Waals surface area (Å²) in [4.78, 5) is 24.9. The highest BCUT2D eigenvalue weighted by Gasteiger charge is 2.18. The number of nitrogens with one attached hydrogen (secondary N) is 1. The van der Waals surface area contributed by atoms with E-state index in [9.17, 15) is 9.59 Å². The maximum atomic E-state index is 12.1. The number of halogens is 2. The van der Waals surface area contributed by atoms with Crippen LogP contribution in [0.2, 0.25) is 10.0 Å². The minimum absolute atomic E-state index is 0.205. The molecular weight excluding hydrogens is 381 g/mol. The van der Waals surface area contributed by atoms with Gasteiger partial charge in [0.05, 0.1) is 17.1 Å². The van der Waals surface area contributed by atoms with Gasteiger partial charge in [0.25, 0.3) is 5.91 Å². The molecule has 1 unspecified atom stereocenters. The predicted octanol–water partition coefficient (Wildman–Crippen LogP) is 5.05. The number of benzene rings is 2. The molecule has 0 bridgehead atoms. The van der Waals surface area contributed by atoms with Gasteiger partial charge in [-0.3, -0.25) is 9.59 Å². The van der Waals surface area contributed by atoms with Crippen molar-refractivity contribution in [2.45, 2.75) is 24.3 Å². The van der Waals surface area contributed by atoms with Gasteiger partial charge in [-0.15, -0.1) is 11.8 Å². The van der Waals surface area contributed by atoms with Crippen molar-refractivity contribution in [2.24, 2.45) is 0 Å². The second-order valence-electron chi connectivity index (χ2n) is 5.15. The van der Waals surface area contributed by atoms with Crippen LogP contribution in [0.25, 0.3) is 0 Å². The molecule has 2 rings (SSSR count). The largest absolute Gasteiger partial charge is 0.453 e. The molecule has 1 atom stereocenters. The highest BCUT2D eigenvalue weighted by Crippen LogP contribution is 2.22. The Morgan fingerprint density at radius 1 is 1.12 bits per heavy atom. The van der Waals surface area contributed by atoms with Crippen molar-refractivity contribution >= 4 is 52.5 Å². The Morgan fingerprint density at radius 3 is 2.48 bits per heavy atom.